The van der Waals surface area contributed by atoms with Gasteiger partial charge in [0.1, 0.15) is 5.82 Å². The molecule has 2 rings (SSSR count). The van der Waals surface area contributed by atoms with Crippen LogP contribution in [0, 0.1) is 5.82 Å². The first-order valence-corrected chi connectivity index (χ1v) is 7.40. The molecule has 3 atom stereocenters. The van der Waals surface area contributed by atoms with E-state index in [-0.39, 0.29) is 17.9 Å². The molecule has 2 N–H and O–H groups in total. The second-order valence-electron chi connectivity index (χ2n) is 6.16. The van der Waals surface area contributed by atoms with Gasteiger partial charge in [0.05, 0.1) is 6.04 Å². The average molecular weight is 279 g/mol. The maximum Gasteiger partial charge on any atom is 0.123 e. The molecule has 1 heterocycles. The van der Waals surface area contributed by atoms with Gasteiger partial charge < -0.3 is 10.6 Å². The zero-order valence-electron chi connectivity index (χ0n) is 12.7. The summed E-state index contributed by atoms with van der Waals surface area (Å²) in [5.74, 6) is -0.184. The van der Waals surface area contributed by atoms with E-state index in [0.717, 1.165) is 18.7 Å². The minimum Gasteiger partial charge on any atom is -0.326 e. The van der Waals surface area contributed by atoms with Crippen molar-refractivity contribution in [3.05, 3.63) is 35.6 Å². The minimum atomic E-state index is -0.184. The van der Waals surface area contributed by atoms with Crippen LogP contribution < -0.4 is 5.73 Å². The molecule has 1 fully saturated rings. The topological polar surface area (TPSA) is 32.5 Å². The third kappa shape index (κ3) is 3.57. The number of rotatable bonds is 5. The summed E-state index contributed by atoms with van der Waals surface area (Å²) in [6.07, 6.45) is 2.38. The molecule has 1 aromatic rings. The molecule has 1 aliphatic rings. The highest BCUT2D eigenvalue weighted by molar-refractivity contribution is 5.22. The lowest BCUT2D eigenvalue weighted by Crippen LogP contribution is -2.45. The van der Waals surface area contributed by atoms with E-state index in [0.29, 0.717) is 6.04 Å². The Bertz CT molecular complexity index is 433. The van der Waals surface area contributed by atoms with Crippen molar-refractivity contribution >= 4 is 0 Å². The lowest BCUT2D eigenvalue weighted by Gasteiger charge is -2.37. The zero-order chi connectivity index (χ0) is 14.7. The molecule has 0 radical (unpaired) electrons. The molecule has 20 heavy (non-hydrogen) atoms. The second-order valence-corrected chi connectivity index (χ2v) is 6.16. The number of nitrogens with two attached hydrogens (primary N) is 1. The molecule has 1 aromatic carbocycles. The molecular formula is C16H26FN3. The molecule has 0 saturated carbocycles. The lowest BCUT2D eigenvalue weighted by atomic mass is 9.98. The van der Waals surface area contributed by atoms with Crippen LogP contribution in [0.5, 0.6) is 0 Å². The molecule has 1 saturated heterocycles. The van der Waals surface area contributed by atoms with Crippen LogP contribution in [0.3, 0.4) is 0 Å². The monoisotopic (exact) mass is 279 g/mol. The van der Waals surface area contributed by atoms with Gasteiger partial charge in [0.2, 0.25) is 0 Å². The molecule has 0 aromatic heterocycles. The standard InChI is InChI=1S/C16H26FN3/c1-12(18)16(13-6-4-7-14(17)10-13)20-9-5-8-15(20)11-19(2)3/h4,6-7,10,12,15-16H,5,8-9,11,18H2,1-3H3. The predicted molar refractivity (Wildman–Crippen MR) is 81.1 cm³/mol. The van der Waals surface area contributed by atoms with Crippen LogP contribution in [0.1, 0.15) is 31.4 Å². The second kappa shape index (κ2) is 6.66. The summed E-state index contributed by atoms with van der Waals surface area (Å²) >= 11 is 0. The SMILES string of the molecule is CC(N)C(c1cccc(F)c1)N1CCCC1CN(C)C. The van der Waals surface area contributed by atoms with E-state index in [1.54, 1.807) is 12.1 Å². The molecule has 4 heteroatoms. The third-order valence-electron chi connectivity index (χ3n) is 4.04. The maximum absolute atomic E-state index is 13.5. The first-order chi connectivity index (χ1) is 9.49. The van der Waals surface area contributed by atoms with E-state index in [2.05, 4.69) is 23.9 Å². The minimum absolute atomic E-state index is 0.0143. The predicted octanol–water partition coefficient (Wildman–Crippen LogP) is 2.24. The van der Waals surface area contributed by atoms with Crippen LogP contribution in [-0.2, 0) is 0 Å². The van der Waals surface area contributed by atoms with Crippen molar-refractivity contribution in [2.45, 2.75) is 37.9 Å². The van der Waals surface area contributed by atoms with Gasteiger partial charge in [-0.15, -0.1) is 0 Å². The normalized spacial score (nSPS) is 23.2. The summed E-state index contributed by atoms with van der Waals surface area (Å²) in [6, 6.07) is 7.46. The first-order valence-electron chi connectivity index (χ1n) is 7.40. The smallest absolute Gasteiger partial charge is 0.123 e. The lowest BCUT2D eigenvalue weighted by molar-refractivity contribution is 0.137. The number of likely N-dealkylation sites (N-methyl/N-ethyl adjacent to an activating group) is 1. The Morgan fingerprint density at radius 2 is 2.20 bits per heavy atom. The van der Waals surface area contributed by atoms with Gasteiger partial charge in [-0.3, -0.25) is 4.90 Å². The molecule has 112 valence electrons. The van der Waals surface area contributed by atoms with Crippen molar-refractivity contribution < 1.29 is 4.39 Å². The summed E-state index contributed by atoms with van der Waals surface area (Å²) in [7, 11) is 4.19. The first kappa shape index (κ1) is 15.4. The Hall–Kier alpha value is -0.970. The van der Waals surface area contributed by atoms with Crippen molar-refractivity contribution in [2.75, 3.05) is 27.2 Å². The molecule has 3 unspecified atom stereocenters. The highest BCUT2D eigenvalue weighted by atomic mass is 19.1. The Balaban J connectivity index is 2.24. The molecule has 3 nitrogen and oxygen atoms in total. The quantitative estimate of drug-likeness (QED) is 0.897. The largest absolute Gasteiger partial charge is 0.326 e. The van der Waals surface area contributed by atoms with Crippen molar-refractivity contribution in [2.24, 2.45) is 5.73 Å². The summed E-state index contributed by atoms with van der Waals surface area (Å²) < 4.78 is 13.5. The maximum atomic E-state index is 13.5. The fourth-order valence-electron chi connectivity index (χ4n) is 3.33. The Morgan fingerprint density at radius 3 is 2.80 bits per heavy atom. The number of nitrogens with zero attached hydrogens (tertiary/aromatic N) is 2. The van der Waals surface area contributed by atoms with Crippen LogP contribution >= 0.6 is 0 Å². The van der Waals surface area contributed by atoms with Crippen molar-refractivity contribution in [3.63, 3.8) is 0 Å². The van der Waals surface area contributed by atoms with E-state index >= 15 is 0 Å². The van der Waals surface area contributed by atoms with Gasteiger partial charge >= 0.3 is 0 Å². The van der Waals surface area contributed by atoms with Crippen LogP contribution in [0.4, 0.5) is 4.39 Å². The molecule has 0 amide bonds. The van der Waals surface area contributed by atoms with E-state index in [1.807, 2.05) is 13.0 Å². The Labute approximate surface area is 121 Å². The van der Waals surface area contributed by atoms with Crippen LogP contribution in [0.25, 0.3) is 0 Å². The molecule has 0 bridgehead atoms. The molecule has 0 spiro atoms. The van der Waals surface area contributed by atoms with Gasteiger partial charge in [-0.05, 0) is 58.1 Å². The van der Waals surface area contributed by atoms with Gasteiger partial charge in [-0.25, -0.2) is 4.39 Å². The number of hydrogen-bond donors (Lipinski definition) is 1. The third-order valence-corrected chi connectivity index (χ3v) is 4.04. The molecule has 1 aliphatic heterocycles. The number of hydrogen-bond acceptors (Lipinski definition) is 3. The van der Waals surface area contributed by atoms with E-state index in [9.17, 15) is 4.39 Å². The zero-order valence-corrected chi connectivity index (χ0v) is 12.7. The molecule has 0 aliphatic carbocycles. The fourth-order valence-corrected chi connectivity index (χ4v) is 3.33. The Kier molecular flexibility index (Phi) is 5.13. The summed E-state index contributed by atoms with van der Waals surface area (Å²) in [6.45, 7) is 4.08. The highest BCUT2D eigenvalue weighted by Gasteiger charge is 2.33. The molecular weight excluding hydrogens is 253 g/mol. The van der Waals surface area contributed by atoms with E-state index in [4.69, 9.17) is 5.73 Å². The van der Waals surface area contributed by atoms with Gasteiger partial charge in [-0.1, -0.05) is 12.1 Å². The number of benzene rings is 1. The highest BCUT2D eigenvalue weighted by Crippen LogP contribution is 2.31. The van der Waals surface area contributed by atoms with Crippen molar-refractivity contribution in [1.29, 1.82) is 0 Å². The summed E-state index contributed by atoms with van der Waals surface area (Å²) in [5.41, 5.74) is 7.21. The Morgan fingerprint density at radius 1 is 1.45 bits per heavy atom. The van der Waals surface area contributed by atoms with Gasteiger partial charge in [0, 0.05) is 18.6 Å². The average Bonchev–Trinajstić information content (AvgIpc) is 2.76. The van der Waals surface area contributed by atoms with Gasteiger partial charge in [-0.2, -0.15) is 0 Å². The summed E-state index contributed by atoms with van der Waals surface area (Å²) in [4.78, 5) is 4.67. The fraction of sp³-hybridized carbons (Fsp3) is 0.625. The van der Waals surface area contributed by atoms with Gasteiger partial charge in [0.25, 0.3) is 0 Å². The van der Waals surface area contributed by atoms with Crippen LogP contribution in [0.2, 0.25) is 0 Å². The number of halogens is 1. The van der Waals surface area contributed by atoms with Crippen LogP contribution in [0.15, 0.2) is 24.3 Å². The van der Waals surface area contributed by atoms with Crippen molar-refractivity contribution in [3.8, 4) is 0 Å². The van der Waals surface area contributed by atoms with E-state index < -0.39 is 0 Å². The van der Waals surface area contributed by atoms with Crippen molar-refractivity contribution in [1.82, 2.24) is 9.80 Å². The number of likely N-dealkylation sites (tertiary alicyclic amines) is 1. The van der Waals surface area contributed by atoms with Gasteiger partial charge in [0.15, 0.2) is 0 Å². The van der Waals surface area contributed by atoms with E-state index in [1.165, 1.54) is 18.9 Å². The van der Waals surface area contributed by atoms with Crippen LogP contribution in [-0.4, -0.2) is 49.1 Å². The summed E-state index contributed by atoms with van der Waals surface area (Å²) in [5, 5.41) is 0.